The van der Waals surface area contributed by atoms with Crippen LogP contribution in [0.2, 0.25) is 0 Å². The molecule has 0 fully saturated rings. The summed E-state index contributed by atoms with van der Waals surface area (Å²) in [4.78, 5) is 27.3. The fraction of sp³-hybridized carbons (Fsp3) is 0.263. The number of pyridine rings is 1. The molecule has 3 rings (SSSR count). The Balaban J connectivity index is 1.79. The normalized spacial score (nSPS) is 15.8. The zero-order valence-corrected chi connectivity index (χ0v) is 14.8. The van der Waals surface area contributed by atoms with E-state index < -0.39 is 27.8 Å². The molecule has 0 radical (unpaired) electrons. The number of aryl methyl sites for hydroxylation is 2. The van der Waals surface area contributed by atoms with Gasteiger partial charge >= 0.3 is 0 Å². The third kappa shape index (κ3) is 4.11. The fourth-order valence-electron chi connectivity index (χ4n) is 2.83. The van der Waals surface area contributed by atoms with E-state index in [2.05, 4.69) is 10.3 Å². The van der Waals surface area contributed by atoms with Gasteiger partial charge in [-0.05, 0) is 49.4 Å². The van der Waals surface area contributed by atoms with Crippen molar-refractivity contribution in [2.24, 2.45) is 0 Å². The summed E-state index contributed by atoms with van der Waals surface area (Å²) in [7, 11) is -3.85. The van der Waals surface area contributed by atoms with E-state index in [9.17, 15) is 18.0 Å². The predicted molar refractivity (Wildman–Crippen MR) is 98.8 cm³/mol. The van der Waals surface area contributed by atoms with Crippen LogP contribution in [0.3, 0.4) is 0 Å². The Labute approximate surface area is 154 Å². The lowest BCUT2D eigenvalue weighted by Crippen LogP contribution is -2.31. The topological polar surface area (TPSA) is 96.1 Å². The number of hydrogen-bond donors (Lipinski definition) is 2. The number of amides is 1. The zero-order chi connectivity index (χ0) is 20.4. The predicted octanol–water partition coefficient (Wildman–Crippen LogP) is 1.97. The molecule has 1 aliphatic rings. The van der Waals surface area contributed by atoms with Crippen molar-refractivity contribution in [3.05, 3.63) is 75.1 Å². The summed E-state index contributed by atoms with van der Waals surface area (Å²) >= 11 is 0. The molecule has 1 heterocycles. The fourth-order valence-corrected chi connectivity index (χ4v) is 3.77. The Morgan fingerprint density at radius 2 is 1.96 bits per heavy atom. The first-order valence-corrected chi connectivity index (χ1v) is 9.79. The lowest BCUT2D eigenvalue weighted by molar-refractivity contribution is 0.0956. The van der Waals surface area contributed by atoms with Gasteiger partial charge in [0.1, 0.15) is 5.56 Å². The molecule has 0 unspecified atom stereocenters. The van der Waals surface area contributed by atoms with E-state index in [4.69, 9.17) is 2.74 Å². The molecule has 2 aromatic rings. The smallest absolute Gasteiger partial charge is 0.261 e. The molecular weight excluding hydrogens is 352 g/mol. The minimum absolute atomic E-state index is 0.0134. The van der Waals surface area contributed by atoms with Gasteiger partial charge < -0.3 is 10.3 Å². The lowest BCUT2D eigenvalue weighted by atomic mass is 9.95. The summed E-state index contributed by atoms with van der Waals surface area (Å²) in [5.74, 6) is -0.901. The highest BCUT2D eigenvalue weighted by Crippen LogP contribution is 2.18. The molecule has 7 heteroatoms. The summed E-state index contributed by atoms with van der Waals surface area (Å²) in [5, 5.41) is 2.78. The van der Waals surface area contributed by atoms with Crippen LogP contribution in [0.4, 0.5) is 0 Å². The van der Waals surface area contributed by atoms with Crippen molar-refractivity contribution in [2.45, 2.75) is 30.6 Å². The summed E-state index contributed by atoms with van der Waals surface area (Å²) in [6, 6.07) is 9.04. The van der Waals surface area contributed by atoms with Crippen LogP contribution in [0, 0.1) is 0 Å². The number of hydrogen-bond acceptors (Lipinski definition) is 4. The first-order valence-electron chi connectivity index (χ1n) is 9.25. The Hall–Kier alpha value is -2.67. The third-order valence-electron chi connectivity index (χ3n) is 4.17. The second kappa shape index (κ2) is 7.70. The highest BCUT2D eigenvalue weighted by Gasteiger charge is 2.16. The van der Waals surface area contributed by atoms with Crippen molar-refractivity contribution in [3.63, 3.8) is 0 Å². The Bertz CT molecular complexity index is 1080. The van der Waals surface area contributed by atoms with E-state index >= 15 is 0 Å². The lowest BCUT2D eigenvalue weighted by Gasteiger charge is -2.15. The number of H-pyrrole nitrogens is 1. The molecule has 136 valence electrons. The number of carbonyl (C=O) groups excluding carboxylic acids is 1. The van der Waals surface area contributed by atoms with Crippen molar-refractivity contribution in [2.75, 3.05) is 6.50 Å². The van der Waals surface area contributed by atoms with Crippen LogP contribution in [-0.2, 0) is 22.7 Å². The van der Waals surface area contributed by atoms with E-state index in [0.717, 1.165) is 43.0 Å². The van der Waals surface area contributed by atoms with Gasteiger partial charge in [0.2, 0.25) is 0 Å². The van der Waals surface area contributed by atoms with Crippen LogP contribution in [0.5, 0.6) is 0 Å². The minimum Gasteiger partial charge on any atom is -0.348 e. The van der Waals surface area contributed by atoms with Crippen molar-refractivity contribution in [1.82, 2.24) is 10.3 Å². The number of benzene rings is 1. The molecule has 0 spiro atoms. The largest absolute Gasteiger partial charge is 0.348 e. The Morgan fingerprint density at radius 3 is 2.73 bits per heavy atom. The van der Waals surface area contributed by atoms with Crippen LogP contribution in [0.1, 0.15) is 37.2 Å². The molecular formula is C19H20N2O4S. The number of carbonyl (C=O) groups is 1. The van der Waals surface area contributed by atoms with E-state index in [1.165, 1.54) is 18.2 Å². The van der Waals surface area contributed by atoms with Gasteiger partial charge in [0.05, 0.1) is 7.64 Å². The number of fused-ring (bicyclic) bond motifs is 1. The molecule has 1 aromatic heterocycles. The minimum atomic E-state index is -3.85. The van der Waals surface area contributed by atoms with Gasteiger partial charge in [0.25, 0.3) is 11.5 Å². The molecule has 1 aliphatic carbocycles. The van der Waals surface area contributed by atoms with Crippen LogP contribution < -0.4 is 10.9 Å². The van der Waals surface area contributed by atoms with Crippen molar-refractivity contribution in [3.8, 4) is 0 Å². The molecule has 0 saturated carbocycles. The SMILES string of the molecule is [2H]C([2H])(/C=C/S(=O)(=O)c1ccccc1)NC(=O)c1cc2c([nH]c1=O)CCCC2. The van der Waals surface area contributed by atoms with Crippen LogP contribution in [0.15, 0.2) is 57.6 Å². The summed E-state index contributed by atoms with van der Waals surface area (Å²) in [6.07, 6.45) is 4.17. The molecule has 2 N–H and O–H groups in total. The van der Waals surface area contributed by atoms with Crippen LogP contribution >= 0.6 is 0 Å². The molecule has 0 bridgehead atoms. The molecule has 26 heavy (non-hydrogen) atoms. The highest BCUT2D eigenvalue weighted by molar-refractivity contribution is 7.94. The number of rotatable bonds is 5. The van der Waals surface area contributed by atoms with E-state index in [1.807, 2.05) is 0 Å². The molecule has 0 atom stereocenters. The number of sulfone groups is 1. The quantitative estimate of drug-likeness (QED) is 0.836. The van der Waals surface area contributed by atoms with Gasteiger partial charge in [-0.1, -0.05) is 24.3 Å². The third-order valence-corrected chi connectivity index (χ3v) is 5.59. The maximum atomic E-state index is 12.4. The maximum absolute atomic E-state index is 12.4. The second-order valence-electron chi connectivity index (χ2n) is 5.98. The maximum Gasteiger partial charge on any atom is 0.261 e. The van der Waals surface area contributed by atoms with Gasteiger partial charge in [-0.2, -0.15) is 0 Å². The molecule has 1 aromatic carbocycles. The summed E-state index contributed by atoms with van der Waals surface area (Å²) < 4.78 is 40.2. The molecule has 1 amide bonds. The molecule has 0 aliphatic heterocycles. The zero-order valence-electron chi connectivity index (χ0n) is 16.0. The van der Waals surface area contributed by atoms with E-state index in [0.29, 0.717) is 5.41 Å². The Kier molecular flexibility index (Phi) is 4.61. The number of aromatic nitrogens is 1. The number of aromatic amines is 1. The van der Waals surface area contributed by atoms with E-state index in [1.54, 1.807) is 18.2 Å². The van der Waals surface area contributed by atoms with Gasteiger partial charge in [0, 0.05) is 17.6 Å². The average Bonchev–Trinajstić information content (AvgIpc) is 2.66. The second-order valence-corrected chi connectivity index (χ2v) is 7.82. The first-order chi connectivity index (χ1) is 13.2. The van der Waals surface area contributed by atoms with Crippen molar-refractivity contribution < 1.29 is 16.0 Å². The monoisotopic (exact) mass is 374 g/mol. The standard InChI is InChI=1S/C19H20N2O4S/c22-18(16-13-14-7-4-5-10-17(14)21-19(16)23)20-11-6-12-26(24,25)15-8-2-1-3-9-15/h1-3,6,8-9,12-13H,4-5,7,10-11H2,(H,20,22)(H,21,23)/b12-6+/i11D2. The molecule has 0 saturated heterocycles. The first kappa shape index (κ1) is 15.6. The van der Waals surface area contributed by atoms with Crippen LogP contribution in [0.25, 0.3) is 0 Å². The number of nitrogens with one attached hydrogen (secondary N) is 2. The summed E-state index contributed by atoms with van der Waals surface area (Å²) in [6.45, 7) is -2.46. The molecule has 6 nitrogen and oxygen atoms in total. The van der Waals surface area contributed by atoms with Gasteiger partial charge in [-0.3, -0.25) is 9.59 Å². The van der Waals surface area contributed by atoms with Gasteiger partial charge in [-0.25, -0.2) is 8.42 Å². The van der Waals surface area contributed by atoms with Gasteiger partial charge in [-0.15, -0.1) is 0 Å². The van der Waals surface area contributed by atoms with Gasteiger partial charge in [0.15, 0.2) is 9.84 Å². The average molecular weight is 374 g/mol. The highest BCUT2D eigenvalue weighted by atomic mass is 32.2. The summed E-state index contributed by atoms with van der Waals surface area (Å²) in [5.41, 5.74) is 0.905. The van der Waals surface area contributed by atoms with Crippen LogP contribution in [-0.4, -0.2) is 25.8 Å². The van der Waals surface area contributed by atoms with Crippen molar-refractivity contribution in [1.29, 1.82) is 0 Å². The van der Waals surface area contributed by atoms with Crippen molar-refractivity contribution >= 4 is 15.7 Å². The van der Waals surface area contributed by atoms with E-state index in [-0.39, 0.29) is 10.5 Å². The Morgan fingerprint density at radius 1 is 1.23 bits per heavy atom.